The number of carboxylic acid groups (broad SMARTS) is 1. The van der Waals surface area contributed by atoms with Gasteiger partial charge in [0.05, 0.1) is 16.8 Å². The molecule has 0 unspecified atom stereocenters. The molecular formula is C15H13N3O2. The van der Waals surface area contributed by atoms with E-state index in [9.17, 15) is 9.90 Å². The summed E-state index contributed by atoms with van der Waals surface area (Å²) >= 11 is 0. The Morgan fingerprint density at radius 3 is 2.60 bits per heavy atom. The maximum absolute atomic E-state index is 11.6. The normalized spacial score (nSPS) is 10.9. The van der Waals surface area contributed by atoms with Crippen LogP contribution in [0.2, 0.25) is 0 Å². The van der Waals surface area contributed by atoms with Gasteiger partial charge in [-0.25, -0.2) is 14.5 Å². The molecule has 2 aromatic heterocycles. The van der Waals surface area contributed by atoms with E-state index in [0.717, 1.165) is 5.69 Å². The molecule has 0 saturated heterocycles. The predicted molar refractivity (Wildman–Crippen MR) is 75.3 cm³/mol. The summed E-state index contributed by atoms with van der Waals surface area (Å²) in [6.45, 7) is 3.64. The molecule has 100 valence electrons. The Hall–Kier alpha value is -2.69. The topological polar surface area (TPSA) is 68.0 Å². The summed E-state index contributed by atoms with van der Waals surface area (Å²) in [4.78, 5) is 16.1. The van der Waals surface area contributed by atoms with Gasteiger partial charge in [-0.2, -0.15) is 5.10 Å². The van der Waals surface area contributed by atoms with Crippen LogP contribution in [-0.2, 0) is 0 Å². The maximum atomic E-state index is 11.6. The van der Waals surface area contributed by atoms with Gasteiger partial charge in [0.25, 0.3) is 0 Å². The molecule has 0 aliphatic rings. The molecule has 3 aromatic rings. The minimum atomic E-state index is -0.953. The molecule has 0 saturated carbocycles. The Morgan fingerprint density at radius 1 is 1.20 bits per heavy atom. The number of carbonyl (C=O) groups is 1. The molecule has 0 aliphatic heterocycles. The molecule has 1 aromatic carbocycles. The second kappa shape index (κ2) is 4.45. The van der Waals surface area contributed by atoms with E-state index < -0.39 is 5.97 Å². The first-order valence-electron chi connectivity index (χ1n) is 6.23. The van der Waals surface area contributed by atoms with E-state index in [4.69, 9.17) is 0 Å². The summed E-state index contributed by atoms with van der Waals surface area (Å²) in [6, 6.07) is 9.09. The smallest absolute Gasteiger partial charge is 0.336 e. The third kappa shape index (κ3) is 1.84. The fourth-order valence-corrected chi connectivity index (χ4v) is 2.33. The summed E-state index contributed by atoms with van der Waals surface area (Å²) in [5.74, 6) is -0.402. The highest BCUT2D eigenvalue weighted by atomic mass is 16.4. The lowest BCUT2D eigenvalue weighted by Gasteiger charge is -2.11. The quantitative estimate of drug-likeness (QED) is 0.775. The average molecular weight is 267 g/mol. The molecule has 20 heavy (non-hydrogen) atoms. The minimum absolute atomic E-state index is 0.277. The second-order valence-electron chi connectivity index (χ2n) is 4.66. The molecule has 0 spiro atoms. The van der Waals surface area contributed by atoms with Crippen LogP contribution >= 0.6 is 0 Å². The van der Waals surface area contributed by atoms with Crippen molar-refractivity contribution in [3.8, 4) is 5.82 Å². The Bertz CT molecular complexity index is 821. The molecule has 0 radical (unpaired) electrons. The summed E-state index contributed by atoms with van der Waals surface area (Å²) < 4.78 is 1.61. The van der Waals surface area contributed by atoms with Gasteiger partial charge in [-0.3, -0.25) is 0 Å². The molecule has 0 aliphatic carbocycles. The largest absolute Gasteiger partial charge is 0.478 e. The van der Waals surface area contributed by atoms with Crippen LogP contribution in [0.1, 0.15) is 21.6 Å². The standard InChI is InChI=1S/C15H13N3O2/c1-9-7-8-18(17-9)14-10(2)13(15(19)20)11-5-3-4-6-12(11)16-14/h3-8H,1-2H3,(H,19,20). The van der Waals surface area contributed by atoms with Gasteiger partial charge >= 0.3 is 5.97 Å². The van der Waals surface area contributed by atoms with Crippen LogP contribution in [0.5, 0.6) is 0 Å². The molecule has 5 heteroatoms. The SMILES string of the molecule is Cc1ccn(-c2nc3ccccc3c(C(=O)O)c2C)n1. The Balaban J connectivity index is 2.39. The van der Waals surface area contributed by atoms with Crippen LogP contribution in [0.4, 0.5) is 0 Å². The van der Waals surface area contributed by atoms with Crippen molar-refractivity contribution in [1.82, 2.24) is 14.8 Å². The van der Waals surface area contributed by atoms with E-state index in [1.165, 1.54) is 0 Å². The van der Waals surface area contributed by atoms with Gasteiger partial charge in [-0.1, -0.05) is 18.2 Å². The first-order valence-corrected chi connectivity index (χ1v) is 6.23. The first kappa shape index (κ1) is 12.3. The lowest BCUT2D eigenvalue weighted by molar-refractivity contribution is 0.0698. The summed E-state index contributed by atoms with van der Waals surface area (Å²) in [5, 5.41) is 14.4. The van der Waals surface area contributed by atoms with Crippen molar-refractivity contribution in [2.24, 2.45) is 0 Å². The van der Waals surface area contributed by atoms with Crippen molar-refractivity contribution >= 4 is 16.9 Å². The number of fused-ring (bicyclic) bond motifs is 1. The Morgan fingerprint density at radius 2 is 1.95 bits per heavy atom. The molecular weight excluding hydrogens is 254 g/mol. The fraction of sp³-hybridized carbons (Fsp3) is 0.133. The van der Waals surface area contributed by atoms with Crippen LogP contribution in [0.15, 0.2) is 36.5 Å². The van der Waals surface area contributed by atoms with Crippen LogP contribution in [0, 0.1) is 13.8 Å². The Labute approximate surface area is 115 Å². The zero-order chi connectivity index (χ0) is 14.3. The van der Waals surface area contributed by atoms with Crippen molar-refractivity contribution in [2.75, 3.05) is 0 Å². The predicted octanol–water partition coefficient (Wildman–Crippen LogP) is 2.74. The number of carboxylic acids is 1. The number of nitrogens with zero attached hydrogens (tertiary/aromatic N) is 3. The van der Waals surface area contributed by atoms with Crippen LogP contribution in [0.3, 0.4) is 0 Å². The molecule has 0 fully saturated rings. The fourth-order valence-electron chi connectivity index (χ4n) is 2.33. The molecule has 2 heterocycles. The van der Waals surface area contributed by atoms with Crippen LogP contribution in [0.25, 0.3) is 16.7 Å². The van der Waals surface area contributed by atoms with E-state index in [1.807, 2.05) is 25.1 Å². The monoisotopic (exact) mass is 267 g/mol. The van der Waals surface area contributed by atoms with Crippen molar-refractivity contribution in [3.63, 3.8) is 0 Å². The maximum Gasteiger partial charge on any atom is 0.336 e. The van der Waals surface area contributed by atoms with E-state index in [-0.39, 0.29) is 5.56 Å². The number of hydrogen-bond acceptors (Lipinski definition) is 3. The van der Waals surface area contributed by atoms with Crippen molar-refractivity contribution in [2.45, 2.75) is 13.8 Å². The number of aromatic nitrogens is 3. The number of rotatable bonds is 2. The lowest BCUT2D eigenvalue weighted by Crippen LogP contribution is -2.09. The van der Waals surface area contributed by atoms with Gasteiger partial charge in [-0.15, -0.1) is 0 Å². The third-order valence-electron chi connectivity index (χ3n) is 3.26. The molecule has 1 N–H and O–H groups in total. The van der Waals surface area contributed by atoms with Gasteiger partial charge < -0.3 is 5.11 Å². The second-order valence-corrected chi connectivity index (χ2v) is 4.66. The minimum Gasteiger partial charge on any atom is -0.478 e. The zero-order valence-corrected chi connectivity index (χ0v) is 11.2. The number of aromatic carboxylic acids is 1. The van der Waals surface area contributed by atoms with Gasteiger partial charge in [-0.05, 0) is 26.0 Å². The van der Waals surface area contributed by atoms with Gasteiger partial charge in [0.2, 0.25) is 0 Å². The number of hydrogen-bond donors (Lipinski definition) is 1. The van der Waals surface area contributed by atoms with E-state index in [0.29, 0.717) is 22.3 Å². The van der Waals surface area contributed by atoms with Gasteiger partial charge in [0.1, 0.15) is 0 Å². The highest BCUT2D eigenvalue weighted by Crippen LogP contribution is 2.25. The number of benzene rings is 1. The first-order chi connectivity index (χ1) is 9.58. The van der Waals surface area contributed by atoms with E-state index in [2.05, 4.69) is 10.1 Å². The zero-order valence-electron chi connectivity index (χ0n) is 11.2. The van der Waals surface area contributed by atoms with E-state index >= 15 is 0 Å². The van der Waals surface area contributed by atoms with Crippen LogP contribution < -0.4 is 0 Å². The summed E-state index contributed by atoms with van der Waals surface area (Å²) in [7, 11) is 0. The molecule has 0 bridgehead atoms. The summed E-state index contributed by atoms with van der Waals surface area (Å²) in [6.07, 6.45) is 1.78. The lowest BCUT2D eigenvalue weighted by atomic mass is 10.0. The van der Waals surface area contributed by atoms with Crippen LogP contribution in [-0.4, -0.2) is 25.8 Å². The third-order valence-corrected chi connectivity index (χ3v) is 3.26. The summed E-state index contributed by atoms with van der Waals surface area (Å²) in [5.41, 5.74) is 2.40. The van der Waals surface area contributed by atoms with Crippen molar-refractivity contribution in [1.29, 1.82) is 0 Å². The Kier molecular flexibility index (Phi) is 2.75. The van der Waals surface area contributed by atoms with Gasteiger partial charge in [0.15, 0.2) is 5.82 Å². The molecule has 0 atom stereocenters. The van der Waals surface area contributed by atoms with E-state index in [1.54, 1.807) is 29.9 Å². The van der Waals surface area contributed by atoms with Crippen molar-refractivity contribution in [3.05, 3.63) is 53.3 Å². The highest BCUT2D eigenvalue weighted by Gasteiger charge is 2.18. The molecule has 0 amide bonds. The molecule has 3 rings (SSSR count). The number of pyridine rings is 1. The number of para-hydroxylation sites is 1. The highest BCUT2D eigenvalue weighted by molar-refractivity contribution is 6.04. The van der Waals surface area contributed by atoms with Gasteiger partial charge in [0, 0.05) is 17.1 Å². The van der Waals surface area contributed by atoms with Crippen molar-refractivity contribution < 1.29 is 9.90 Å². The average Bonchev–Trinajstić information content (AvgIpc) is 2.84. The number of aryl methyl sites for hydroxylation is 1. The molecule has 5 nitrogen and oxygen atoms in total.